The maximum atomic E-state index is 13.9. The van der Waals surface area contributed by atoms with Crippen molar-refractivity contribution in [2.45, 2.75) is 38.3 Å². The summed E-state index contributed by atoms with van der Waals surface area (Å²) in [6.07, 6.45) is 7.79. The molecule has 32 heavy (non-hydrogen) atoms. The van der Waals surface area contributed by atoms with E-state index in [4.69, 9.17) is 13.9 Å². The maximum absolute atomic E-state index is 13.9. The van der Waals surface area contributed by atoms with Gasteiger partial charge in [-0.05, 0) is 55.5 Å². The fourth-order valence-corrected chi connectivity index (χ4v) is 4.03. The van der Waals surface area contributed by atoms with Crippen molar-refractivity contribution in [3.63, 3.8) is 0 Å². The summed E-state index contributed by atoms with van der Waals surface area (Å²) in [5.41, 5.74) is 1.59. The smallest absolute Gasteiger partial charge is 0.348 e. The van der Waals surface area contributed by atoms with Crippen LogP contribution in [0.15, 0.2) is 58.0 Å². The molecule has 5 rings (SSSR count). The molecule has 2 heterocycles. The topological polar surface area (TPSA) is 79.4 Å². The van der Waals surface area contributed by atoms with E-state index < -0.39 is 11.5 Å². The normalized spacial score (nSPS) is 14.2. The maximum Gasteiger partial charge on any atom is 0.348 e. The summed E-state index contributed by atoms with van der Waals surface area (Å²) >= 11 is 0. The number of methoxy groups -OCH3 is 1. The van der Waals surface area contributed by atoms with Gasteiger partial charge in [0.2, 0.25) is 5.89 Å². The number of halogens is 1. The van der Waals surface area contributed by atoms with Gasteiger partial charge < -0.3 is 13.9 Å². The van der Waals surface area contributed by atoms with E-state index in [0.29, 0.717) is 17.1 Å². The molecule has 0 saturated heterocycles. The highest BCUT2D eigenvalue weighted by Crippen LogP contribution is 2.35. The number of hydrogen-bond donors (Lipinski definition) is 0. The number of nitrogens with zero attached hydrogens (tertiary/aromatic N) is 3. The van der Waals surface area contributed by atoms with Crippen molar-refractivity contribution in [3.05, 3.63) is 71.0 Å². The molecule has 0 spiro atoms. The largest absolute Gasteiger partial charge is 0.493 e. The van der Waals surface area contributed by atoms with Crippen molar-refractivity contribution in [1.29, 1.82) is 0 Å². The second kappa shape index (κ2) is 8.45. The first kappa shape index (κ1) is 20.2. The van der Waals surface area contributed by atoms with Crippen LogP contribution in [0.2, 0.25) is 0 Å². The molecule has 0 N–H and O–H groups in total. The third-order valence-corrected chi connectivity index (χ3v) is 5.67. The van der Waals surface area contributed by atoms with E-state index in [0.717, 1.165) is 24.0 Å². The average molecular weight is 435 g/mol. The van der Waals surface area contributed by atoms with E-state index in [-0.39, 0.29) is 24.1 Å². The summed E-state index contributed by atoms with van der Waals surface area (Å²) < 4.78 is 32.6. The second-order valence-corrected chi connectivity index (χ2v) is 7.84. The third-order valence-electron chi connectivity index (χ3n) is 5.67. The summed E-state index contributed by atoms with van der Waals surface area (Å²) in [7, 11) is 1.61. The Morgan fingerprint density at radius 3 is 2.78 bits per heavy atom. The molecule has 1 aliphatic rings. The highest BCUT2D eigenvalue weighted by Gasteiger charge is 2.19. The standard InChI is InChI=1S/C24H22FN3O4/c1-30-19-10-9-15(11-21(19)31-17-5-2-3-6-17)16-12-26-24(29)28(13-16)14-22-27-23-18(25)7-4-8-20(23)32-22/h4,7-13,17H,2-3,5-6,14H2,1H3. The molecular weight excluding hydrogens is 413 g/mol. The van der Waals surface area contributed by atoms with Crippen molar-refractivity contribution < 1.29 is 18.3 Å². The van der Waals surface area contributed by atoms with Gasteiger partial charge in [0.15, 0.2) is 22.9 Å². The van der Waals surface area contributed by atoms with Crippen molar-refractivity contribution in [2.24, 2.45) is 0 Å². The van der Waals surface area contributed by atoms with Crippen molar-refractivity contribution in [3.8, 4) is 22.6 Å². The number of aromatic nitrogens is 3. The van der Waals surface area contributed by atoms with Crippen LogP contribution in [-0.2, 0) is 6.54 Å². The summed E-state index contributed by atoms with van der Waals surface area (Å²) in [5.74, 6) is 1.09. The molecule has 1 aliphatic carbocycles. The number of rotatable bonds is 6. The fraction of sp³-hybridized carbons (Fsp3) is 0.292. The Bertz CT molecular complexity index is 1320. The lowest BCUT2D eigenvalue weighted by Gasteiger charge is -2.17. The van der Waals surface area contributed by atoms with Gasteiger partial charge in [-0.25, -0.2) is 19.2 Å². The number of fused-ring (bicyclic) bond motifs is 1. The molecule has 0 unspecified atom stereocenters. The average Bonchev–Trinajstić information content (AvgIpc) is 3.45. The molecule has 1 saturated carbocycles. The summed E-state index contributed by atoms with van der Waals surface area (Å²) in [5, 5.41) is 0. The third kappa shape index (κ3) is 3.95. The highest BCUT2D eigenvalue weighted by atomic mass is 19.1. The van der Waals surface area contributed by atoms with E-state index in [1.165, 1.54) is 29.7 Å². The van der Waals surface area contributed by atoms with Crippen LogP contribution in [0.4, 0.5) is 4.39 Å². The lowest BCUT2D eigenvalue weighted by molar-refractivity contribution is 0.201. The zero-order valence-corrected chi connectivity index (χ0v) is 17.6. The van der Waals surface area contributed by atoms with Gasteiger partial charge >= 0.3 is 5.69 Å². The van der Waals surface area contributed by atoms with Gasteiger partial charge in [-0.2, -0.15) is 0 Å². The predicted octanol–water partition coefficient (Wildman–Crippen LogP) is 4.57. The highest BCUT2D eigenvalue weighted by molar-refractivity contribution is 5.73. The van der Waals surface area contributed by atoms with Gasteiger partial charge in [0.05, 0.1) is 13.2 Å². The lowest BCUT2D eigenvalue weighted by atomic mass is 10.1. The molecule has 4 aromatic rings. The zero-order chi connectivity index (χ0) is 22.1. The molecular formula is C24H22FN3O4. The van der Waals surface area contributed by atoms with Crippen LogP contribution >= 0.6 is 0 Å². The lowest BCUT2D eigenvalue weighted by Crippen LogP contribution is -2.22. The number of hydrogen-bond acceptors (Lipinski definition) is 6. The van der Waals surface area contributed by atoms with Gasteiger partial charge in [-0.3, -0.25) is 4.57 Å². The molecule has 0 radical (unpaired) electrons. The molecule has 0 bridgehead atoms. The number of oxazole rings is 1. The van der Waals surface area contributed by atoms with Gasteiger partial charge in [0.25, 0.3) is 0 Å². The number of para-hydroxylation sites is 1. The Kier molecular flexibility index (Phi) is 5.34. The van der Waals surface area contributed by atoms with Crippen LogP contribution in [0.25, 0.3) is 22.2 Å². The van der Waals surface area contributed by atoms with E-state index in [1.807, 2.05) is 18.2 Å². The second-order valence-electron chi connectivity index (χ2n) is 7.84. The SMILES string of the molecule is COc1ccc(-c2cnc(=O)n(Cc3nc4c(F)cccc4o3)c2)cc1OC1CCCC1. The minimum Gasteiger partial charge on any atom is -0.493 e. The van der Waals surface area contributed by atoms with Crippen LogP contribution < -0.4 is 15.2 Å². The van der Waals surface area contributed by atoms with Crippen molar-refractivity contribution in [2.75, 3.05) is 7.11 Å². The number of benzene rings is 2. The Hall–Kier alpha value is -3.68. The number of ether oxygens (including phenoxy) is 2. The first-order chi connectivity index (χ1) is 15.6. The minimum absolute atomic E-state index is 0.0371. The Labute approximate surface area is 183 Å². The molecule has 1 fully saturated rings. The first-order valence-corrected chi connectivity index (χ1v) is 10.6. The van der Waals surface area contributed by atoms with Crippen LogP contribution in [0.1, 0.15) is 31.6 Å². The van der Waals surface area contributed by atoms with Crippen molar-refractivity contribution >= 4 is 11.1 Å². The van der Waals surface area contributed by atoms with E-state index in [9.17, 15) is 9.18 Å². The fourth-order valence-electron chi connectivity index (χ4n) is 4.03. The molecule has 0 amide bonds. The van der Waals surface area contributed by atoms with Gasteiger partial charge in [-0.1, -0.05) is 12.1 Å². The summed E-state index contributed by atoms with van der Waals surface area (Å²) in [4.78, 5) is 20.5. The Balaban J connectivity index is 1.46. The quantitative estimate of drug-likeness (QED) is 0.441. The van der Waals surface area contributed by atoms with E-state index in [2.05, 4.69) is 9.97 Å². The first-order valence-electron chi connectivity index (χ1n) is 10.6. The summed E-state index contributed by atoms with van der Waals surface area (Å²) in [6, 6.07) is 10.1. The van der Waals surface area contributed by atoms with Crippen LogP contribution in [0.3, 0.4) is 0 Å². The molecule has 2 aromatic heterocycles. The monoisotopic (exact) mass is 435 g/mol. The van der Waals surface area contributed by atoms with E-state index >= 15 is 0 Å². The minimum atomic E-state index is -0.468. The van der Waals surface area contributed by atoms with E-state index in [1.54, 1.807) is 25.4 Å². The van der Waals surface area contributed by atoms with Gasteiger partial charge in [0.1, 0.15) is 12.1 Å². The summed E-state index contributed by atoms with van der Waals surface area (Å²) in [6.45, 7) is 0.0371. The molecule has 7 nitrogen and oxygen atoms in total. The van der Waals surface area contributed by atoms with Gasteiger partial charge in [0, 0.05) is 18.0 Å². The van der Waals surface area contributed by atoms with Crippen LogP contribution in [-0.4, -0.2) is 27.7 Å². The molecule has 0 aliphatic heterocycles. The Morgan fingerprint density at radius 1 is 1.16 bits per heavy atom. The molecule has 164 valence electrons. The Morgan fingerprint density at radius 2 is 2.00 bits per heavy atom. The predicted molar refractivity (Wildman–Crippen MR) is 116 cm³/mol. The van der Waals surface area contributed by atoms with Crippen LogP contribution in [0.5, 0.6) is 11.5 Å². The zero-order valence-electron chi connectivity index (χ0n) is 17.6. The van der Waals surface area contributed by atoms with Crippen LogP contribution in [0, 0.1) is 5.82 Å². The molecule has 8 heteroatoms. The van der Waals surface area contributed by atoms with Crippen molar-refractivity contribution in [1.82, 2.24) is 14.5 Å². The van der Waals surface area contributed by atoms with Gasteiger partial charge in [-0.15, -0.1) is 0 Å². The molecule has 2 aromatic carbocycles. The molecule has 0 atom stereocenters.